The fourth-order valence-electron chi connectivity index (χ4n) is 1.58. The van der Waals surface area contributed by atoms with Gasteiger partial charge in [-0.1, -0.05) is 19.0 Å². The van der Waals surface area contributed by atoms with E-state index in [0.717, 1.165) is 30.8 Å². The van der Waals surface area contributed by atoms with Crippen molar-refractivity contribution in [1.82, 2.24) is 5.16 Å². The van der Waals surface area contributed by atoms with Gasteiger partial charge in [-0.15, -0.1) is 11.3 Å². The molecule has 0 aliphatic rings. The van der Waals surface area contributed by atoms with E-state index in [0.29, 0.717) is 11.8 Å². The van der Waals surface area contributed by atoms with Gasteiger partial charge in [0.15, 0.2) is 0 Å². The van der Waals surface area contributed by atoms with Crippen LogP contribution < -0.4 is 5.73 Å². The fraction of sp³-hybridized carbons (Fsp3) is 0.364. The molecule has 0 aliphatic carbocycles. The zero-order valence-electron chi connectivity index (χ0n) is 9.46. The summed E-state index contributed by atoms with van der Waals surface area (Å²) in [6.45, 7) is 4.30. The van der Waals surface area contributed by atoms with E-state index in [4.69, 9.17) is 10.3 Å². The fourth-order valence-corrected chi connectivity index (χ4v) is 3.63. The Balaban J connectivity index is 2.45. The minimum Gasteiger partial charge on any atom is -0.367 e. The number of hydrogen-bond acceptors (Lipinski definition) is 4. The predicted molar refractivity (Wildman–Crippen MR) is 78.2 cm³/mol. The van der Waals surface area contributed by atoms with Crippen molar-refractivity contribution < 1.29 is 4.52 Å². The molecule has 17 heavy (non-hydrogen) atoms. The molecule has 2 heterocycles. The quantitative estimate of drug-likeness (QED) is 0.840. The standard InChI is InChI=1S/C11H12Br2N2OS/c1-5(2)3-6-9(15-16-11(6)14)8-4-7(12)10(13)17-8/h4-5H,3,14H2,1-2H3. The van der Waals surface area contributed by atoms with Gasteiger partial charge in [0.05, 0.1) is 8.66 Å². The van der Waals surface area contributed by atoms with E-state index in [2.05, 4.69) is 50.9 Å². The zero-order chi connectivity index (χ0) is 12.6. The Hall–Kier alpha value is -0.330. The van der Waals surface area contributed by atoms with Crippen molar-refractivity contribution >= 4 is 49.1 Å². The second-order valence-corrected chi connectivity index (χ2v) is 7.43. The lowest BCUT2D eigenvalue weighted by Crippen LogP contribution is -1.98. The van der Waals surface area contributed by atoms with Gasteiger partial charge in [-0.25, -0.2) is 0 Å². The van der Waals surface area contributed by atoms with Crippen LogP contribution in [0, 0.1) is 5.92 Å². The normalized spacial score (nSPS) is 11.4. The molecule has 0 aliphatic heterocycles. The van der Waals surface area contributed by atoms with Gasteiger partial charge in [0.2, 0.25) is 5.88 Å². The third-order valence-electron chi connectivity index (χ3n) is 2.31. The summed E-state index contributed by atoms with van der Waals surface area (Å²) in [5, 5.41) is 4.06. The first-order chi connectivity index (χ1) is 7.99. The molecule has 0 saturated heterocycles. The van der Waals surface area contributed by atoms with Crippen molar-refractivity contribution in [3.05, 3.63) is 19.9 Å². The molecule has 0 atom stereocenters. The Morgan fingerprint density at radius 1 is 1.47 bits per heavy atom. The van der Waals surface area contributed by atoms with Crippen LogP contribution >= 0.6 is 43.2 Å². The molecule has 92 valence electrons. The molecule has 2 rings (SSSR count). The SMILES string of the molecule is CC(C)Cc1c(-c2cc(Br)c(Br)s2)noc1N. The molecular formula is C11H12Br2N2OS. The molecule has 0 amide bonds. The maximum absolute atomic E-state index is 5.82. The lowest BCUT2D eigenvalue weighted by Gasteiger charge is -2.03. The van der Waals surface area contributed by atoms with Gasteiger partial charge >= 0.3 is 0 Å². The summed E-state index contributed by atoms with van der Waals surface area (Å²) in [5.41, 5.74) is 7.68. The molecule has 3 nitrogen and oxygen atoms in total. The summed E-state index contributed by atoms with van der Waals surface area (Å²) in [6, 6.07) is 2.02. The highest BCUT2D eigenvalue weighted by atomic mass is 79.9. The molecule has 0 unspecified atom stereocenters. The van der Waals surface area contributed by atoms with Crippen molar-refractivity contribution in [2.45, 2.75) is 20.3 Å². The van der Waals surface area contributed by atoms with Crippen molar-refractivity contribution in [1.29, 1.82) is 0 Å². The van der Waals surface area contributed by atoms with Gasteiger partial charge in [0.1, 0.15) is 5.69 Å². The van der Waals surface area contributed by atoms with Gasteiger partial charge in [-0.05, 0) is 50.3 Å². The highest BCUT2D eigenvalue weighted by molar-refractivity contribution is 9.13. The number of nitrogens with zero attached hydrogens (tertiary/aromatic N) is 1. The van der Waals surface area contributed by atoms with Gasteiger partial charge in [-0.2, -0.15) is 0 Å². The highest BCUT2D eigenvalue weighted by Gasteiger charge is 2.19. The molecule has 0 fully saturated rings. The van der Waals surface area contributed by atoms with E-state index in [1.165, 1.54) is 0 Å². The van der Waals surface area contributed by atoms with Crippen LogP contribution in [0.5, 0.6) is 0 Å². The lowest BCUT2D eigenvalue weighted by molar-refractivity contribution is 0.438. The molecule has 6 heteroatoms. The summed E-state index contributed by atoms with van der Waals surface area (Å²) in [5.74, 6) is 0.941. The Bertz CT molecular complexity index is 514. The van der Waals surface area contributed by atoms with Crippen LogP contribution in [0.2, 0.25) is 0 Å². The molecule has 2 aromatic rings. The van der Waals surface area contributed by atoms with Crippen molar-refractivity contribution in [2.24, 2.45) is 5.92 Å². The first-order valence-electron chi connectivity index (χ1n) is 5.18. The number of aromatic nitrogens is 1. The number of thiophene rings is 1. The first kappa shape index (κ1) is 13.1. The third-order valence-corrected chi connectivity index (χ3v) is 5.57. The van der Waals surface area contributed by atoms with Crippen molar-refractivity contribution in [3.8, 4) is 10.6 Å². The van der Waals surface area contributed by atoms with E-state index < -0.39 is 0 Å². The van der Waals surface area contributed by atoms with Gasteiger partial charge in [0.25, 0.3) is 0 Å². The summed E-state index contributed by atoms with van der Waals surface area (Å²) in [7, 11) is 0. The number of nitrogens with two attached hydrogens (primary N) is 1. The van der Waals surface area contributed by atoms with Crippen LogP contribution in [-0.2, 0) is 6.42 Å². The molecule has 2 N–H and O–H groups in total. The second kappa shape index (κ2) is 5.12. The Morgan fingerprint density at radius 2 is 2.18 bits per heavy atom. The molecule has 0 aromatic carbocycles. The Morgan fingerprint density at radius 3 is 2.71 bits per heavy atom. The van der Waals surface area contributed by atoms with Gasteiger partial charge in [-0.3, -0.25) is 0 Å². The highest BCUT2D eigenvalue weighted by Crippen LogP contribution is 2.40. The van der Waals surface area contributed by atoms with Gasteiger partial charge < -0.3 is 10.3 Å². The van der Waals surface area contributed by atoms with E-state index >= 15 is 0 Å². The third kappa shape index (κ3) is 2.74. The van der Waals surface area contributed by atoms with E-state index in [1.54, 1.807) is 11.3 Å². The van der Waals surface area contributed by atoms with Crippen molar-refractivity contribution in [3.63, 3.8) is 0 Å². The number of anilines is 1. The Labute approximate surface area is 121 Å². The maximum atomic E-state index is 5.82. The number of nitrogen functional groups attached to an aromatic ring is 1. The number of rotatable bonds is 3. The molecule has 0 radical (unpaired) electrons. The topological polar surface area (TPSA) is 52.0 Å². The van der Waals surface area contributed by atoms with E-state index in [9.17, 15) is 0 Å². The molecule has 0 spiro atoms. The number of hydrogen-bond donors (Lipinski definition) is 1. The zero-order valence-corrected chi connectivity index (χ0v) is 13.4. The lowest BCUT2D eigenvalue weighted by atomic mass is 10.0. The van der Waals surface area contributed by atoms with Crippen LogP contribution in [-0.4, -0.2) is 5.16 Å². The van der Waals surface area contributed by atoms with Crippen molar-refractivity contribution in [2.75, 3.05) is 5.73 Å². The van der Waals surface area contributed by atoms with Crippen LogP contribution in [0.4, 0.5) is 5.88 Å². The smallest absolute Gasteiger partial charge is 0.225 e. The summed E-state index contributed by atoms with van der Waals surface area (Å²) in [4.78, 5) is 1.06. The minimum absolute atomic E-state index is 0.425. The summed E-state index contributed by atoms with van der Waals surface area (Å²) in [6.07, 6.45) is 0.873. The molecular weight excluding hydrogens is 368 g/mol. The largest absolute Gasteiger partial charge is 0.367 e. The van der Waals surface area contributed by atoms with E-state index in [-0.39, 0.29) is 0 Å². The van der Waals surface area contributed by atoms with Gasteiger partial charge in [0, 0.05) is 10.0 Å². The first-order valence-corrected chi connectivity index (χ1v) is 7.58. The predicted octanol–water partition coefficient (Wildman–Crippen LogP) is 4.71. The monoisotopic (exact) mass is 378 g/mol. The average Bonchev–Trinajstić information content (AvgIpc) is 2.73. The summed E-state index contributed by atoms with van der Waals surface area (Å²) >= 11 is 8.56. The minimum atomic E-state index is 0.425. The molecule has 0 bridgehead atoms. The van der Waals surface area contributed by atoms with Crippen LogP contribution in [0.3, 0.4) is 0 Å². The average molecular weight is 380 g/mol. The number of halogens is 2. The van der Waals surface area contributed by atoms with Crippen LogP contribution in [0.25, 0.3) is 10.6 Å². The Kier molecular flexibility index (Phi) is 3.95. The molecule has 2 aromatic heterocycles. The maximum Gasteiger partial charge on any atom is 0.225 e. The summed E-state index contributed by atoms with van der Waals surface area (Å²) < 4.78 is 7.17. The van der Waals surface area contributed by atoms with E-state index in [1.807, 2.05) is 6.07 Å². The van der Waals surface area contributed by atoms with Crippen LogP contribution in [0.1, 0.15) is 19.4 Å². The molecule has 0 saturated carbocycles. The second-order valence-electron chi connectivity index (χ2n) is 4.20. The van der Waals surface area contributed by atoms with Crippen LogP contribution in [0.15, 0.2) is 18.8 Å².